The fourth-order valence-corrected chi connectivity index (χ4v) is 5.11. The van der Waals surface area contributed by atoms with E-state index in [1.807, 2.05) is 36.7 Å². The molecule has 4 heterocycles. The van der Waals surface area contributed by atoms with E-state index >= 15 is 0 Å². The number of pyridine rings is 2. The van der Waals surface area contributed by atoms with E-state index in [-0.39, 0.29) is 0 Å². The van der Waals surface area contributed by atoms with Crippen LogP contribution in [0.2, 0.25) is 0 Å². The van der Waals surface area contributed by atoms with Crippen LogP contribution in [-0.4, -0.2) is 29.1 Å². The standard InChI is InChI=1S/C29H26N6/c1-20-26(32-15-22-7-11-30-12-8-22)5-3-24-17-35-19-34(28(20)24)18-25-4-6-27(21(2)29(25)35)33-16-23-9-13-31-14-10-23/h3-16H,17-19H2,1-2H3. The Balaban J connectivity index is 1.31. The van der Waals surface area contributed by atoms with Crippen LogP contribution in [0.5, 0.6) is 0 Å². The molecule has 0 spiro atoms. The zero-order valence-corrected chi connectivity index (χ0v) is 19.9. The van der Waals surface area contributed by atoms with E-state index in [0.717, 1.165) is 42.3 Å². The van der Waals surface area contributed by atoms with Gasteiger partial charge in [0.15, 0.2) is 0 Å². The molecule has 0 saturated carbocycles. The number of aliphatic imine (C=N–C) groups is 2. The summed E-state index contributed by atoms with van der Waals surface area (Å²) in [6.07, 6.45) is 11.0. The van der Waals surface area contributed by atoms with Crippen molar-refractivity contribution < 1.29 is 0 Å². The Bertz CT molecular complexity index is 1330. The highest BCUT2D eigenvalue weighted by Gasteiger charge is 2.32. The van der Waals surface area contributed by atoms with E-state index in [1.54, 1.807) is 24.8 Å². The van der Waals surface area contributed by atoms with Gasteiger partial charge in [0.2, 0.25) is 0 Å². The minimum Gasteiger partial charge on any atom is -0.349 e. The first-order valence-electron chi connectivity index (χ1n) is 11.8. The lowest BCUT2D eigenvalue weighted by molar-refractivity contribution is 0.647. The fourth-order valence-electron chi connectivity index (χ4n) is 5.11. The van der Waals surface area contributed by atoms with Gasteiger partial charge in [-0.1, -0.05) is 12.1 Å². The quantitative estimate of drug-likeness (QED) is 0.358. The Morgan fingerprint density at radius 1 is 0.629 bits per heavy atom. The first kappa shape index (κ1) is 21.2. The monoisotopic (exact) mass is 458 g/mol. The van der Waals surface area contributed by atoms with Crippen molar-refractivity contribution in [2.24, 2.45) is 9.98 Å². The minimum absolute atomic E-state index is 0.872. The first-order valence-corrected chi connectivity index (χ1v) is 11.8. The topological polar surface area (TPSA) is 57.0 Å². The van der Waals surface area contributed by atoms with Crippen LogP contribution in [0.3, 0.4) is 0 Å². The summed E-state index contributed by atoms with van der Waals surface area (Å²) in [6, 6.07) is 16.6. The molecular weight excluding hydrogens is 432 g/mol. The molecule has 2 aromatic heterocycles. The van der Waals surface area contributed by atoms with E-state index in [0.29, 0.717) is 0 Å². The van der Waals surface area contributed by atoms with Gasteiger partial charge in [0.1, 0.15) is 0 Å². The van der Waals surface area contributed by atoms with Crippen molar-refractivity contribution in [1.29, 1.82) is 0 Å². The summed E-state index contributed by atoms with van der Waals surface area (Å²) in [6.45, 7) is 7.01. The number of hydrogen-bond acceptors (Lipinski definition) is 6. The van der Waals surface area contributed by atoms with Crippen LogP contribution in [0.4, 0.5) is 22.7 Å². The maximum atomic E-state index is 4.79. The molecule has 4 aromatic rings. The van der Waals surface area contributed by atoms with Crippen LogP contribution in [-0.2, 0) is 13.1 Å². The van der Waals surface area contributed by atoms with E-state index in [9.17, 15) is 0 Å². The summed E-state index contributed by atoms with van der Waals surface area (Å²) >= 11 is 0. The number of aromatic nitrogens is 2. The van der Waals surface area contributed by atoms with Gasteiger partial charge in [0, 0.05) is 61.7 Å². The van der Waals surface area contributed by atoms with E-state index in [1.165, 1.54) is 33.6 Å². The maximum Gasteiger partial charge on any atom is 0.0910 e. The SMILES string of the molecule is Cc1c(N=Cc2ccncc2)ccc2c1N1Cc3ccc(N=Cc4ccncc4)c(C)c3N(C2)C1. The Kier molecular flexibility index (Phi) is 5.34. The van der Waals surface area contributed by atoms with Crippen molar-refractivity contribution in [3.05, 3.63) is 107 Å². The molecule has 0 radical (unpaired) electrons. The molecule has 0 fully saturated rings. The molecule has 0 atom stereocenters. The van der Waals surface area contributed by atoms with Crippen molar-refractivity contribution in [3.63, 3.8) is 0 Å². The number of fused-ring (bicyclic) bond motifs is 6. The highest BCUT2D eigenvalue weighted by atomic mass is 15.4. The van der Waals surface area contributed by atoms with Crippen LogP contribution >= 0.6 is 0 Å². The molecular formula is C29H26N6. The largest absolute Gasteiger partial charge is 0.349 e. The molecule has 0 aliphatic carbocycles. The van der Waals surface area contributed by atoms with Gasteiger partial charge in [0.25, 0.3) is 0 Å². The predicted octanol–water partition coefficient (Wildman–Crippen LogP) is 5.89. The molecule has 6 nitrogen and oxygen atoms in total. The average Bonchev–Trinajstić information content (AvgIpc) is 2.89. The summed E-state index contributed by atoms with van der Waals surface area (Å²) < 4.78 is 0. The predicted molar refractivity (Wildman–Crippen MR) is 143 cm³/mol. The second-order valence-corrected chi connectivity index (χ2v) is 9.05. The number of benzene rings is 2. The average molecular weight is 459 g/mol. The van der Waals surface area contributed by atoms with Crippen LogP contribution in [0, 0.1) is 13.8 Å². The second kappa shape index (κ2) is 8.80. The third-order valence-electron chi connectivity index (χ3n) is 6.79. The summed E-state index contributed by atoms with van der Waals surface area (Å²) in [5.74, 6) is 0. The molecule has 6 heteroatoms. The lowest BCUT2D eigenvalue weighted by Crippen LogP contribution is -2.46. The molecule has 2 aliphatic heterocycles. The summed E-state index contributed by atoms with van der Waals surface area (Å²) in [5, 5.41) is 0. The lowest BCUT2D eigenvalue weighted by atomic mass is 9.95. The van der Waals surface area contributed by atoms with Crippen LogP contribution < -0.4 is 9.80 Å². The van der Waals surface area contributed by atoms with Crippen molar-refractivity contribution in [1.82, 2.24) is 9.97 Å². The van der Waals surface area contributed by atoms with E-state index in [4.69, 9.17) is 9.98 Å². The van der Waals surface area contributed by atoms with Gasteiger partial charge in [-0.15, -0.1) is 0 Å². The molecule has 0 unspecified atom stereocenters. The highest BCUT2D eigenvalue weighted by molar-refractivity contribution is 5.85. The van der Waals surface area contributed by atoms with Crippen LogP contribution in [0.25, 0.3) is 0 Å². The van der Waals surface area contributed by atoms with Gasteiger partial charge in [-0.05, 0) is 83.6 Å². The van der Waals surface area contributed by atoms with Gasteiger partial charge in [-0.2, -0.15) is 0 Å². The third-order valence-corrected chi connectivity index (χ3v) is 6.79. The molecule has 0 amide bonds. The maximum absolute atomic E-state index is 4.79. The molecule has 35 heavy (non-hydrogen) atoms. The first-order chi connectivity index (χ1) is 17.2. The Morgan fingerprint density at radius 3 is 1.49 bits per heavy atom. The summed E-state index contributed by atoms with van der Waals surface area (Å²) in [4.78, 5) is 22.7. The molecule has 0 saturated heterocycles. The van der Waals surface area contributed by atoms with E-state index in [2.05, 4.69) is 57.9 Å². The van der Waals surface area contributed by atoms with Gasteiger partial charge in [-0.25, -0.2) is 0 Å². The van der Waals surface area contributed by atoms with Crippen molar-refractivity contribution in [3.8, 4) is 0 Å². The molecule has 2 aromatic carbocycles. The molecule has 2 aliphatic rings. The minimum atomic E-state index is 0.872. The Labute approximate surface area is 205 Å². The van der Waals surface area contributed by atoms with Gasteiger partial charge in [-0.3, -0.25) is 20.0 Å². The zero-order chi connectivity index (χ0) is 23.8. The van der Waals surface area contributed by atoms with Crippen molar-refractivity contribution in [2.75, 3.05) is 16.5 Å². The number of nitrogens with zero attached hydrogens (tertiary/aromatic N) is 6. The molecule has 6 rings (SSSR count). The smallest absolute Gasteiger partial charge is 0.0910 e. The van der Waals surface area contributed by atoms with Crippen LogP contribution in [0.1, 0.15) is 33.4 Å². The molecule has 172 valence electrons. The molecule has 0 N–H and O–H groups in total. The van der Waals surface area contributed by atoms with Crippen molar-refractivity contribution in [2.45, 2.75) is 26.9 Å². The van der Waals surface area contributed by atoms with Crippen LogP contribution in [0.15, 0.2) is 83.3 Å². The van der Waals surface area contributed by atoms with Gasteiger partial charge >= 0.3 is 0 Å². The Hall–Kier alpha value is -4.32. The summed E-state index contributed by atoms with van der Waals surface area (Å²) in [5.41, 5.74) is 11.9. The molecule has 2 bridgehead atoms. The number of anilines is 2. The normalized spacial score (nSPS) is 14.5. The summed E-state index contributed by atoms with van der Waals surface area (Å²) in [7, 11) is 0. The van der Waals surface area contributed by atoms with E-state index < -0.39 is 0 Å². The fraction of sp³-hybridized carbons (Fsp3) is 0.172. The highest BCUT2D eigenvalue weighted by Crippen LogP contribution is 2.44. The zero-order valence-electron chi connectivity index (χ0n) is 19.9. The number of rotatable bonds is 4. The second-order valence-electron chi connectivity index (χ2n) is 9.05. The van der Waals surface area contributed by atoms with Crippen molar-refractivity contribution >= 4 is 35.2 Å². The van der Waals surface area contributed by atoms with Gasteiger partial charge in [0.05, 0.1) is 18.0 Å². The van der Waals surface area contributed by atoms with Gasteiger partial charge < -0.3 is 9.80 Å². The number of hydrogen-bond donors (Lipinski definition) is 0. The lowest BCUT2D eigenvalue weighted by Gasteiger charge is -2.46. The third kappa shape index (κ3) is 3.97. The Morgan fingerprint density at radius 2 is 1.06 bits per heavy atom.